The normalized spacial score (nSPS) is 21.4. The van der Waals surface area contributed by atoms with Crippen LogP contribution < -0.4 is 16.8 Å². The number of nitrogens with one attached hydrogen (secondary N) is 1. The van der Waals surface area contributed by atoms with Crippen LogP contribution in [0.2, 0.25) is 0 Å². The van der Waals surface area contributed by atoms with E-state index in [1.54, 1.807) is 0 Å². The summed E-state index contributed by atoms with van der Waals surface area (Å²) in [6.45, 7) is 2.81. The standard InChI is InChI=1S/C10H16N4O2S/c1-5(6-3-2-4-16-6)13-10-7(9(12)15)8(11)14-17-10/h5-6,13H,2-4H2,1H3,(H2,11,14)(H2,12,15). The van der Waals surface area contributed by atoms with E-state index in [9.17, 15) is 4.79 Å². The Bertz CT molecular complexity index is 414. The summed E-state index contributed by atoms with van der Waals surface area (Å²) < 4.78 is 9.50. The fourth-order valence-corrected chi connectivity index (χ4v) is 2.75. The highest BCUT2D eigenvalue weighted by Gasteiger charge is 2.25. The smallest absolute Gasteiger partial charge is 0.255 e. The largest absolute Gasteiger partial charge is 0.382 e. The molecule has 0 aliphatic carbocycles. The zero-order valence-corrected chi connectivity index (χ0v) is 10.4. The van der Waals surface area contributed by atoms with Gasteiger partial charge in [-0.3, -0.25) is 4.79 Å². The maximum absolute atomic E-state index is 11.2. The summed E-state index contributed by atoms with van der Waals surface area (Å²) >= 11 is 1.15. The van der Waals surface area contributed by atoms with Crippen LogP contribution in [0.1, 0.15) is 30.1 Å². The average Bonchev–Trinajstić information content (AvgIpc) is 2.87. The Labute approximate surface area is 103 Å². The van der Waals surface area contributed by atoms with Gasteiger partial charge in [-0.25, -0.2) is 0 Å². The molecule has 2 heterocycles. The lowest BCUT2D eigenvalue weighted by atomic mass is 10.1. The van der Waals surface area contributed by atoms with Gasteiger partial charge in [0.15, 0.2) is 5.82 Å². The first-order valence-corrected chi connectivity index (χ1v) is 6.30. The Hall–Kier alpha value is -1.34. The number of hydrogen-bond donors (Lipinski definition) is 3. The molecule has 0 aromatic carbocycles. The number of carbonyl (C=O) groups is 1. The minimum absolute atomic E-state index is 0.107. The molecule has 1 aliphatic heterocycles. The van der Waals surface area contributed by atoms with Crippen molar-refractivity contribution >= 4 is 28.3 Å². The van der Waals surface area contributed by atoms with Gasteiger partial charge < -0.3 is 21.5 Å². The minimum atomic E-state index is -0.557. The van der Waals surface area contributed by atoms with Crippen LogP contribution in [0.5, 0.6) is 0 Å². The van der Waals surface area contributed by atoms with Gasteiger partial charge in [-0.2, -0.15) is 4.37 Å². The lowest BCUT2D eigenvalue weighted by Gasteiger charge is -2.20. The van der Waals surface area contributed by atoms with Gasteiger partial charge in [-0.05, 0) is 31.3 Å². The number of carbonyl (C=O) groups excluding carboxylic acids is 1. The van der Waals surface area contributed by atoms with E-state index < -0.39 is 5.91 Å². The van der Waals surface area contributed by atoms with Gasteiger partial charge in [-0.15, -0.1) is 0 Å². The van der Waals surface area contributed by atoms with Crippen LogP contribution in [-0.4, -0.2) is 29.0 Å². The molecule has 7 heteroatoms. The molecule has 2 atom stereocenters. The van der Waals surface area contributed by atoms with Crippen molar-refractivity contribution in [1.82, 2.24) is 4.37 Å². The number of ether oxygens (including phenoxy) is 1. The van der Waals surface area contributed by atoms with Crippen LogP contribution in [0.4, 0.5) is 10.8 Å². The molecule has 0 bridgehead atoms. The van der Waals surface area contributed by atoms with Crippen molar-refractivity contribution in [2.24, 2.45) is 5.73 Å². The van der Waals surface area contributed by atoms with Crippen molar-refractivity contribution in [3.8, 4) is 0 Å². The molecule has 1 aromatic heterocycles. The van der Waals surface area contributed by atoms with Gasteiger partial charge in [0.05, 0.1) is 12.1 Å². The SMILES string of the molecule is CC(Nc1snc(N)c1C(N)=O)C1CCCO1. The Morgan fingerprint density at radius 1 is 1.71 bits per heavy atom. The molecule has 1 aliphatic rings. The van der Waals surface area contributed by atoms with E-state index in [-0.39, 0.29) is 23.5 Å². The zero-order chi connectivity index (χ0) is 12.4. The van der Waals surface area contributed by atoms with E-state index in [1.165, 1.54) is 0 Å². The fourth-order valence-electron chi connectivity index (χ4n) is 1.94. The fraction of sp³-hybridized carbons (Fsp3) is 0.600. The minimum Gasteiger partial charge on any atom is -0.382 e. The second-order valence-corrected chi connectivity index (χ2v) is 4.89. The second kappa shape index (κ2) is 4.89. The molecule has 5 N–H and O–H groups in total. The van der Waals surface area contributed by atoms with Crippen molar-refractivity contribution in [3.63, 3.8) is 0 Å². The van der Waals surface area contributed by atoms with Crippen molar-refractivity contribution in [2.45, 2.75) is 31.9 Å². The van der Waals surface area contributed by atoms with Crippen LogP contribution in [0.3, 0.4) is 0 Å². The quantitative estimate of drug-likeness (QED) is 0.739. The summed E-state index contributed by atoms with van der Waals surface area (Å²) in [7, 11) is 0. The van der Waals surface area contributed by atoms with E-state index in [2.05, 4.69) is 9.69 Å². The third-order valence-electron chi connectivity index (χ3n) is 2.85. The van der Waals surface area contributed by atoms with Crippen molar-refractivity contribution in [1.29, 1.82) is 0 Å². The van der Waals surface area contributed by atoms with Gasteiger partial charge in [0, 0.05) is 6.61 Å². The number of nitrogens with two attached hydrogens (primary N) is 2. The highest BCUT2D eigenvalue weighted by Crippen LogP contribution is 2.28. The highest BCUT2D eigenvalue weighted by molar-refractivity contribution is 7.11. The maximum atomic E-state index is 11.2. The van der Waals surface area contributed by atoms with Crippen LogP contribution in [0.25, 0.3) is 0 Å². The number of nitrogens with zero attached hydrogens (tertiary/aromatic N) is 1. The number of rotatable bonds is 4. The van der Waals surface area contributed by atoms with E-state index in [0.29, 0.717) is 5.00 Å². The Kier molecular flexibility index (Phi) is 3.49. The lowest BCUT2D eigenvalue weighted by molar-refractivity contribution is 0.0986. The molecule has 1 fully saturated rings. The van der Waals surface area contributed by atoms with Crippen LogP contribution in [-0.2, 0) is 4.74 Å². The summed E-state index contributed by atoms with van der Waals surface area (Å²) in [6.07, 6.45) is 2.26. The predicted molar refractivity (Wildman–Crippen MR) is 67.1 cm³/mol. The molecule has 2 rings (SSSR count). The first kappa shape index (κ1) is 12.1. The number of aromatic nitrogens is 1. The Morgan fingerprint density at radius 2 is 2.47 bits per heavy atom. The predicted octanol–water partition coefficient (Wildman–Crippen LogP) is 0.804. The van der Waals surface area contributed by atoms with Gasteiger partial charge >= 0.3 is 0 Å². The van der Waals surface area contributed by atoms with Crippen molar-refractivity contribution < 1.29 is 9.53 Å². The third kappa shape index (κ3) is 2.50. The zero-order valence-electron chi connectivity index (χ0n) is 9.60. The van der Waals surface area contributed by atoms with E-state index in [1.807, 2.05) is 6.92 Å². The molecule has 1 saturated heterocycles. The highest BCUT2D eigenvalue weighted by atomic mass is 32.1. The molecule has 6 nitrogen and oxygen atoms in total. The molecule has 94 valence electrons. The number of amides is 1. The first-order valence-electron chi connectivity index (χ1n) is 5.52. The van der Waals surface area contributed by atoms with E-state index in [4.69, 9.17) is 16.2 Å². The Morgan fingerprint density at radius 3 is 3.06 bits per heavy atom. The van der Waals surface area contributed by atoms with Crippen LogP contribution in [0, 0.1) is 0 Å². The number of nitrogen functional groups attached to an aromatic ring is 1. The average molecular weight is 256 g/mol. The number of hydrogen-bond acceptors (Lipinski definition) is 6. The summed E-state index contributed by atoms with van der Waals surface area (Å²) in [6, 6.07) is 0.107. The summed E-state index contributed by atoms with van der Waals surface area (Å²) in [5.41, 5.74) is 11.1. The Balaban J connectivity index is 2.10. The molecule has 1 aromatic rings. The third-order valence-corrected chi connectivity index (χ3v) is 3.64. The van der Waals surface area contributed by atoms with E-state index in [0.717, 1.165) is 31.0 Å². The summed E-state index contributed by atoms with van der Waals surface area (Å²) in [5, 5.41) is 3.83. The summed E-state index contributed by atoms with van der Waals surface area (Å²) in [4.78, 5) is 11.2. The number of anilines is 2. The molecule has 0 radical (unpaired) electrons. The topological polar surface area (TPSA) is 103 Å². The van der Waals surface area contributed by atoms with Crippen molar-refractivity contribution in [3.05, 3.63) is 5.56 Å². The van der Waals surface area contributed by atoms with Crippen LogP contribution >= 0.6 is 11.5 Å². The van der Waals surface area contributed by atoms with Gasteiger partial charge in [-0.1, -0.05) is 0 Å². The maximum Gasteiger partial charge on any atom is 0.255 e. The van der Waals surface area contributed by atoms with Gasteiger partial charge in [0.2, 0.25) is 0 Å². The van der Waals surface area contributed by atoms with Gasteiger partial charge in [0.25, 0.3) is 5.91 Å². The molecule has 17 heavy (non-hydrogen) atoms. The number of primary amides is 1. The molecular formula is C10H16N4O2S. The lowest BCUT2D eigenvalue weighted by Crippen LogP contribution is -2.30. The van der Waals surface area contributed by atoms with E-state index >= 15 is 0 Å². The second-order valence-electron chi connectivity index (χ2n) is 4.12. The first-order chi connectivity index (χ1) is 8.09. The van der Waals surface area contributed by atoms with Crippen LogP contribution in [0.15, 0.2) is 0 Å². The monoisotopic (exact) mass is 256 g/mol. The molecule has 0 saturated carbocycles. The summed E-state index contributed by atoms with van der Waals surface area (Å²) in [5.74, 6) is -0.372. The van der Waals surface area contributed by atoms with Crippen molar-refractivity contribution in [2.75, 3.05) is 17.7 Å². The molecule has 0 spiro atoms. The van der Waals surface area contributed by atoms with Gasteiger partial charge in [0.1, 0.15) is 10.6 Å². The molecule has 1 amide bonds. The molecular weight excluding hydrogens is 240 g/mol. The molecule has 2 unspecified atom stereocenters.